The van der Waals surface area contributed by atoms with E-state index in [0.29, 0.717) is 0 Å². The molecule has 2 heterocycles. The first-order chi connectivity index (χ1) is 7.64. The minimum Gasteiger partial charge on any atom is -0.468 e. The van der Waals surface area contributed by atoms with Gasteiger partial charge in [-0.1, -0.05) is 0 Å². The van der Waals surface area contributed by atoms with Gasteiger partial charge in [-0.05, 0) is 13.8 Å². The van der Waals surface area contributed by atoms with Gasteiger partial charge in [-0.25, -0.2) is 18.8 Å². The van der Waals surface area contributed by atoms with Crippen molar-refractivity contribution < 1.29 is 13.7 Å². The molecule has 2 rings (SSSR count). The molecular formula is C8H13N5O3S. The van der Waals surface area contributed by atoms with Crippen molar-refractivity contribution in [1.82, 2.24) is 9.78 Å². The first kappa shape index (κ1) is 11.9. The lowest BCUT2D eigenvalue weighted by Gasteiger charge is -2.22. The predicted octanol–water partition coefficient (Wildman–Crippen LogP) is -0.640. The quantitative estimate of drug-likeness (QED) is 0.650. The third-order valence-electron chi connectivity index (χ3n) is 2.58. The molecule has 0 radical (unpaired) electrons. The molecule has 0 bridgehead atoms. The zero-order valence-corrected chi connectivity index (χ0v) is 10.2. The molecule has 94 valence electrons. The Labute approximate surface area is 98.0 Å². The Balaban J connectivity index is 2.62. The SMILES string of the molecule is CC1(C)Oc2c(S(=N)(N)=O)cnn2C1C(N)=O. The summed E-state index contributed by atoms with van der Waals surface area (Å²) in [5.41, 5.74) is 4.37. The number of ether oxygens (including phenoxy) is 1. The molecule has 1 amide bonds. The summed E-state index contributed by atoms with van der Waals surface area (Å²) in [6.07, 6.45) is 1.16. The van der Waals surface area contributed by atoms with Crippen LogP contribution >= 0.6 is 0 Å². The highest BCUT2D eigenvalue weighted by Crippen LogP contribution is 2.41. The van der Waals surface area contributed by atoms with Crippen molar-refractivity contribution in [2.24, 2.45) is 10.9 Å². The second-order valence-corrected chi connectivity index (χ2v) is 6.01. The molecule has 2 unspecified atom stereocenters. The van der Waals surface area contributed by atoms with Crippen LogP contribution in [0.3, 0.4) is 0 Å². The van der Waals surface area contributed by atoms with Gasteiger partial charge in [0.25, 0.3) is 0 Å². The average Bonchev–Trinajstić information content (AvgIpc) is 2.54. The zero-order chi connectivity index (χ0) is 13.0. The number of hydrogen-bond acceptors (Lipinski definition) is 5. The Morgan fingerprint density at radius 2 is 2.29 bits per heavy atom. The maximum atomic E-state index is 11.5. The summed E-state index contributed by atoms with van der Waals surface area (Å²) in [6, 6.07) is -0.812. The highest BCUT2D eigenvalue weighted by molar-refractivity contribution is 7.90. The predicted molar refractivity (Wildman–Crippen MR) is 58.5 cm³/mol. The molecule has 9 heteroatoms. The topological polar surface area (TPSA) is 137 Å². The van der Waals surface area contributed by atoms with Gasteiger partial charge in [-0.2, -0.15) is 5.10 Å². The summed E-state index contributed by atoms with van der Waals surface area (Å²) in [6.45, 7) is 3.31. The van der Waals surface area contributed by atoms with Crippen molar-refractivity contribution in [3.8, 4) is 5.88 Å². The van der Waals surface area contributed by atoms with Crippen LogP contribution in [-0.2, 0) is 14.7 Å². The lowest BCUT2D eigenvalue weighted by molar-refractivity contribution is -0.124. The molecule has 0 aliphatic carbocycles. The van der Waals surface area contributed by atoms with E-state index in [-0.39, 0.29) is 10.8 Å². The van der Waals surface area contributed by atoms with Crippen LogP contribution in [0.5, 0.6) is 5.88 Å². The molecule has 1 aromatic rings. The number of nitrogens with zero attached hydrogens (tertiary/aromatic N) is 2. The fourth-order valence-electron chi connectivity index (χ4n) is 1.89. The molecule has 0 fully saturated rings. The normalized spacial score (nSPS) is 24.8. The first-order valence-electron chi connectivity index (χ1n) is 4.77. The van der Waals surface area contributed by atoms with Crippen LogP contribution in [0.4, 0.5) is 0 Å². The number of primary amides is 1. The maximum Gasteiger partial charge on any atom is 0.246 e. The smallest absolute Gasteiger partial charge is 0.246 e. The van der Waals surface area contributed by atoms with Gasteiger partial charge >= 0.3 is 0 Å². The van der Waals surface area contributed by atoms with E-state index in [1.807, 2.05) is 0 Å². The fraction of sp³-hybridized carbons (Fsp3) is 0.500. The van der Waals surface area contributed by atoms with E-state index in [2.05, 4.69) is 5.10 Å². The molecule has 8 nitrogen and oxygen atoms in total. The fourth-order valence-corrected chi connectivity index (χ4v) is 2.49. The second kappa shape index (κ2) is 3.20. The third-order valence-corrected chi connectivity index (χ3v) is 3.51. The Bertz CT molecular complexity index is 588. The van der Waals surface area contributed by atoms with Crippen molar-refractivity contribution in [2.75, 3.05) is 0 Å². The Hall–Kier alpha value is -1.61. The van der Waals surface area contributed by atoms with Crippen LogP contribution in [0, 0.1) is 4.78 Å². The van der Waals surface area contributed by atoms with E-state index >= 15 is 0 Å². The lowest BCUT2D eigenvalue weighted by atomic mass is 9.99. The average molecular weight is 259 g/mol. The van der Waals surface area contributed by atoms with Gasteiger partial charge in [0.1, 0.15) is 20.4 Å². The maximum absolute atomic E-state index is 11.5. The number of aromatic nitrogens is 2. The molecule has 0 saturated carbocycles. The first-order valence-corrected chi connectivity index (χ1v) is 6.39. The van der Waals surface area contributed by atoms with Crippen LogP contribution in [0.15, 0.2) is 11.1 Å². The number of amides is 1. The summed E-state index contributed by atoms with van der Waals surface area (Å²) in [5, 5.41) is 9.10. The van der Waals surface area contributed by atoms with Crippen LogP contribution in [0.2, 0.25) is 0 Å². The molecular weight excluding hydrogens is 246 g/mol. The highest BCUT2D eigenvalue weighted by atomic mass is 32.2. The minimum absolute atomic E-state index is 0.0330. The van der Waals surface area contributed by atoms with Gasteiger partial charge in [0, 0.05) is 0 Å². The molecule has 0 spiro atoms. The van der Waals surface area contributed by atoms with Crippen molar-refractivity contribution in [1.29, 1.82) is 4.78 Å². The van der Waals surface area contributed by atoms with Gasteiger partial charge in [-0.15, -0.1) is 0 Å². The van der Waals surface area contributed by atoms with E-state index in [0.717, 1.165) is 6.20 Å². The van der Waals surface area contributed by atoms with Crippen LogP contribution < -0.4 is 15.6 Å². The van der Waals surface area contributed by atoms with Crippen molar-refractivity contribution in [2.45, 2.75) is 30.4 Å². The Kier molecular flexibility index (Phi) is 2.23. The number of rotatable bonds is 2. The van der Waals surface area contributed by atoms with Crippen molar-refractivity contribution in [3.05, 3.63) is 6.20 Å². The summed E-state index contributed by atoms with van der Waals surface area (Å²) in [7, 11) is -3.44. The molecule has 2 atom stereocenters. The number of hydrogen-bond donors (Lipinski definition) is 3. The van der Waals surface area contributed by atoms with E-state index < -0.39 is 27.5 Å². The van der Waals surface area contributed by atoms with E-state index in [9.17, 15) is 9.00 Å². The molecule has 1 aromatic heterocycles. The van der Waals surface area contributed by atoms with Crippen LogP contribution in [-0.4, -0.2) is 25.5 Å². The molecule has 5 N–H and O–H groups in total. The number of carbonyl (C=O) groups is 1. The minimum atomic E-state index is -3.44. The molecule has 17 heavy (non-hydrogen) atoms. The standard InChI is InChI=1S/C8H13N5O3S/c1-8(2)5(6(9)14)13-7(16-8)4(3-12-13)17(10,11)15/h3,5H,1-2H3,(H2,9,14)(H3,10,11,15). The van der Waals surface area contributed by atoms with E-state index in [1.165, 1.54) is 4.68 Å². The number of carbonyl (C=O) groups excluding carboxylic acids is 1. The zero-order valence-electron chi connectivity index (χ0n) is 9.34. The van der Waals surface area contributed by atoms with Crippen LogP contribution in [0.1, 0.15) is 19.9 Å². The Morgan fingerprint density at radius 3 is 2.76 bits per heavy atom. The molecule has 1 aliphatic heterocycles. The van der Waals surface area contributed by atoms with E-state index in [1.54, 1.807) is 13.8 Å². The number of fused-ring (bicyclic) bond motifs is 1. The van der Waals surface area contributed by atoms with E-state index in [4.69, 9.17) is 20.4 Å². The highest BCUT2D eigenvalue weighted by Gasteiger charge is 2.47. The Morgan fingerprint density at radius 1 is 1.71 bits per heavy atom. The molecule has 1 aliphatic rings. The number of nitrogens with two attached hydrogens (primary N) is 2. The monoisotopic (exact) mass is 259 g/mol. The van der Waals surface area contributed by atoms with Gasteiger partial charge in [0.15, 0.2) is 6.04 Å². The van der Waals surface area contributed by atoms with Crippen LogP contribution in [0.25, 0.3) is 0 Å². The summed E-state index contributed by atoms with van der Waals surface area (Å²) >= 11 is 0. The largest absolute Gasteiger partial charge is 0.468 e. The summed E-state index contributed by atoms with van der Waals surface area (Å²) < 4.78 is 25.5. The van der Waals surface area contributed by atoms with Gasteiger partial charge < -0.3 is 10.5 Å². The van der Waals surface area contributed by atoms with Crippen molar-refractivity contribution >= 4 is 15.8 Å². The molecule has 0 saturated heterocycles. The summed E-state index contributed by atoms with van der Waals surface area (Å²) in [4.78, 5) is 11.3. The lowest BCUT2D eigenvalue weighted by Crippen LogP contribution is -2.41. The van der Waals surface area contributed by atoms with Crippen molar-refractivity contribution in [3.63, 3.8) is 0 Å². The van der Waals surface area contributed by atoms with Gasteiger partial charge in [0.2, 0.25) is 11.8 Å². The molecule has 0 aromatic carbocycles. The third kappa shape index (κ3) is 1.67. The second-order valence-electron chi connectivity index (χ2n) is 4.37. The number of nitrogens with one attached hydrogen (secondary N) is 1. The van der Waals surface area contributed by atoms with Gasteiger partial charge in [-0.3, -0.25) is 4.79 Å². The van der Waals surface area contributed by atoms with Gasteiger partial charge in [0.05, 0.1) is 6.20 Å². The summed E-state index contributed by atoms with van der Waals surface area (Å²) in [5.74, 6) is -0.543.